The van der Waals surface area contributed by atoms with Crippen molar-refractivity contribution in [3.8, 4) is 0 Å². The Morgan fingerprint density at radius 1 is 1.50 bits per heavy atom. The Morgan fingerprint density at radius 3 is 3.00 bits per heavy atom. The highest BCUT2D eigenvalue weighted by molar-refractivity contribution is 9.10. The number of aromatic nitrogens is 2. The van der Waals surface area contributed by atoms with Gasteiger partial charge >= 0.3 is 0 Å². The van der Waals surface area contributed by atoms with Gasteiger partial charge in [-0.3, -0.25) is 4.79 Å². The van der Waals surface area contributed by atoms with Gasteiger partial charge in [-0.25, -0.2) is 4.98 Å². The molecule has 2 aromatic rings. The smallest absolute Gasteiger partial charge is 0.252 e. The summed E-state index contributed by atoms with van der Waals surface area (Å²) in [6, 6.07) is 5.09. The fraction of sp³-hybridized carbons (Fsp3) is 0.167. The molecule has 1 N–H and O–H groups in total. The largest absolute Gasteiger partial charge is 0.350 e. The second-order valence-electron chi connectivity index (χ2n) is 3.68. The maximum absolute atomic E-state index is 11.9. The molecule has 0 atom stereocenters. The molecule has 4 nitrogen and oxygen atoms in total. The van der Waals surface area contributed by atoms with Gasteiger partial charge in [0.2, 0.25) is 0 Å². The van der Waals surface area contributed by atoms with Gasteiger partial charge in [0.05, 0.1) is 11.9 Å². The number of nitrogens with one attached hydrogen (secondary N) is 1. The normalized spacial score (nSPS) is 10.3. The average Bonchev–Trinajstić information content (AvgIpc) is 2.81. The van der Waals surface area contributed by atoms with E-state index in [2.05, 4.69) is 26.2 Å². The van der Waals surface area contributed by atoms with E-state index in [1.54, 1.807) is 30.7 Å². The molecule has 0 radical (unpaired) electrons. The summed E-state index contributed by atoms with van der Waals surface area (Å²) in [5, 5.41) is 3.43. The van der Waals surface area contributed by atoms with Crippen molar-refractivity contribution in [1.82, 2.24) is 14.9 Å². The van der Waals surface area contributed by atoms with Crippen molar-refractivity contribution < 1.29 is 4.79 Å². The van der Waals surface area contributed by atoms with Crippen LogP contribution in [0, 0.1) is 0 Å². The van der Waals surface area contributed by atoms with Crippen LogP contribution in [-0.4, -0.2) is 22.0 Å². The Labute approximate surface area is 118 Å². The molecule has 0 spiro atoms. The van der Waals surface area contributed by atoms with Crippen molar-refractivity contribution in [3.63, 3.8) is 0 Å². The molecule has 1 aromatic heterocycles. The lowest BCUT2D eigenvalue weighted by Gasteiger charge is -2.07. The molecule has 0 aliphatic heterocycles. The number of imidazole rings is 1. The summed E-state index contributed by atoms with van der Waals surface area (Å²) < 4.78 is 2.59. The molecule has 0 aliphatic carbocycles. The molecular weight excluding hydrogens is 318 g/mol. The molecule has 6 heteroatoms. The molecule has 2 rings (SSSR count). The van der Waals surface area contributed by atoms with Crippen LogP contribution in [0.1, 0.15) is 10.4 Å². The van der Waals surface area contributed by atoms with Crippen LogP contribution in [0.15, 0.2) is 41.4 Å². The van der Waals surface area contributed by atoms with Gasteiger partial charge in [-0.1, -0.05) is 11.6 Å². The number of hydrogen-bond acceptors (Lipinski definition) is 2. The van der Waals surface area contributed by atoms with Crippen molar-refractivity contribution in [1.29, 1.82) is 0 Å². The van der Waals surface area contributed by atoms with Crippen LogP contribution in [0.5, 0.6) is 0 Å². The second-order valence-corrected chi connectivity index (χ2v) is 4.97. The first-order chi connectivity index (χ1) is 8.66. The molecule has 1 aromatic carbocycles. The minimum atomic E-state index is -0.126. The summed E-state index contributed by atoms with van der Waals surface area (Å²) in [5.74, 6) is -0.126. The zero-order valence-corrected chi connectivity index (χ0v) is 11.8. The Balaban J connectivity index is 1.91. The fourth-order valence-corrected chi connectivity index (χ4v) is 2.35. The molecule has 0 aliphatic rings. The van der Waals surface area contributed by atoms with Crippen LogP contribution in [0.4, 0.5) is 0 Å². The van der Waals surface area contributed by atoms with E-state index in [1.165, 1.54) is 0 Å². The predicted molar refractivity (Wildman–Crippen MR) is 73.7 cm³/mol. The zero-order valence-electron chi connectivity index (χ0n) is 9.44. The summed E-state index contributed by atoms with van der Waals surface area (Å²) in [6.07, 6.45) is 5.27. The molecule has 0 unspecified atom stereocenters. The number of nitrogens with zero attached hydrogens (tertiary/aromatic N) is 2. The molecule has 0 fully saturated rings. The fourth-order valence-electron chi connectivity index (χ4n) is 1.49. The number of rotatable bonds is 4. The highest BCUT2D eigenvalue weighted by Crippen LogP contribution is 2.21. The Morgan fingerprint density at radius 2 is 2.33 bits per heavy atom. The van der Waals surface area contributed by atoms with E-state index < -0.39 is 0 Å². The van der Waals surface area contributed by atoms with E-state index in [1.807, 2.05) is 10.8 Å². The number of carbonyl (C=O) groups is 1. The van der Waals surface area contributed by atoms with Gasteiger partial charge in [-0.15, -0.1) is 0 Å². The first-order valence-corrected chi connectivity index (χ1v) is 6.53. The number of hydrogen-bond donors (Lipinski definition) is 1. The Bertz CT molecular complexity index is 542. The van der Waals surface area contributed by atoms with E-state index in [-0.39, 0.29) is 5.91 Å². The van der Waals surface area contributed by atoms with E-state index >= 15 is 0 Å². The van der Waals surface area contributed by atoms with Crippen molar-refractivity contribution in [2.24, 2.45) is 0 Å². The summed E-state index contributed by atoms with van der Waals surface area (Å²) in [6.45, 7) is 1.24. The Kier molecular flexibility index (Phi) is 4.38. The molecule has 0 bridgehead atoms. The number of benzene rings is 1. The van der Waals surface area contributed by atoms with Gasteiger partial charge in [0.25, 0.3) is 5.91 Å². The van der Waals surface area contributed by atoms with Gasteiger partial charge in [0.1, 0.15) is 0 Å². The van der Waals surface area contributed by atoms with Crippen LogP contribution in [0.2, 0.25) is 5.02 Å². The summed E-state index contributed by atoms with van der Waals surface area (Å²) in [7, 11) is 0. The maximum Gasteiger partial charge on any atom is 0.252 e. The Hall–Kier alpha value is -1.33. The van der Waals surface area contributed by atoms with Crippen LogP contribution >= 0.6 is 27.5 Å². The van der Waals surface area contributed by atoms with Gasteiger partial charge in [-0.2, -0.15) is 0 Å². The van der Waals surface area contributed by atoms with E-state index in [9.17, 15) is 4.79 Å². The zero-order chi connectivity index (χ0) is 13.0. The van der Waals surface area contributed by atoms with Crippen molar-refractivity contribution in [2.75, 3.05) is 6.54 Å². The van der Waals surface area contributed by atoms with Crippen LogP contribution in [0.25, 0.3) is 0 Å². The van der Waals surface area contributed by atoms with E-state index in [0.29, 0.717) is 28.1 Å². The SMILES string of the molecule is O=C(NCCn1ccnc1)c1ccc(Cl)cc1Br. The minimum absolute atomic E-state index is 0.126. The molecule has 94 valence electrons. The lowest BCUT2D eigenvalue weighted by molar-refractivity contribution is 0.0951. The molecule has 1 heterocycles. The van der Waals surface area contributed by atoms with Crippen molar-refractivity contribution in [3.05, 3.63) is 52.0 Å². The maximum atomic E-state index is 11.9. The summed E-state index contributed by atoms with van der Waals surface area (Å²) in [4.78, 5) is 15.8. The minimum Gasteiger partial charge on any atom is -0.350 e. The first-order valence-electron chi connectivity index (χ1n) is 5.36. The molecule has 18 heavy (non-hydrogen) atoms. The predicted octanol–water partition coefficient (Wildman–Crippen LogP) is 2.73. The quantitative estimate of drug-likeness (QED) is 0.938. The second kappa shape index (κ2) is 6.02. The highest BCUT2D eigenvalue weighted by Gasteiger charge is 2.09. The number of halogens is 2. The third-order valence-corrected chi connectivity index (χ3v) is 3.28. The van der Waals surface area contributed by atoms with Crippen molar-refractivity contribution >= 4 is 33.4 Å². The van der Waals surface area contributed by atoms with Gasteiger partial charge in [0, 0.05) is 35.0 Å². The standard InChI is InChI=1S/C12H11BrClN3O/c13-11-7-9(14)1-2-10(11)12(18)16-4-6-17-5-3-15-8-17/h1-3,5,7-8H,4,6H2,(H,16,18). The molecule has 0 saturated heterocycles. The molecular formula is C12H11BrClN3O. The average molecular weight is 329 g/mol. The lowest BCUT2D eigenvalue weighted by atomic mass is 10.2. The third-order valence-electron chi connectivity index (χ3n) is 2.39. The molecule has 1 amide bonds. The lowest BCUT2D eigenvalue weighted by Crippen LogP contribution is -2.27. The van der Waals surface area contributed by atoms with Gasteiger partial charge < -0.3 is 9.88 Å². The van der Waals surface area contributed by atoms with Crippen LogP contribution in [-0.2, 0) is 6.54 Å². The number of amides is 1. The first kappa shape index (κ1) is 13.1. The van der Waals surface area contributed by atoms with E-state index in [4.69, 9.17) is 11.6 Å². The van der Waals surface area contributed by atoms with Gasteiger partial charge in [-0.05, 0) is 34.1 Å². The topological polar surface area (TPSA) is 46.9 Å². The summed E-state index contributed by atoms with van der Waals surface area (Å²) >= 11 is 9.14. The third kappa shape index (κ3) is 3.34. The number of carbonyl (C=O) groups excluding carboxylic acids is 1. The highest BCUT2D eigenvalue weighted by atomic mass is 79.9. The van der Waals surface area contributed by atoms with Gasteiger partial charge in [0.15, 0.2) is 0 Å². The monoisotopic (exact) mass is 327 g/mol. The van der Waals surface area contributed by atoms with E-state index in [0.717, 1.165) is 0 Å². The van der Waals surface area contributed by atoms with Crippen LogP contribution < -0.4 is 5.32 Å². The molecule has 0 saturated carbocycles. The summed E-state index contributed by atoms with van der Waals surface area (Å²) in [5.41, 5.74) is 0.574. The van der Waals surface area contributed by atoms with Crippen LogP contribution in [0.3, 0.4) is 0 Å². The van der Waals surface area contributed by atoms with Crippen molar-refractivity contribution in [2.45, 2.75) is 6.54 Å².